The quantitative estimate of drug-likeness (QED) is 0.894. The first kappa shape index (κ1) is 13.9. The Kier molecular flexibility index (Phi) is 4.08. The second-order valence-corrected chi connectivity index (χ2v) is 5.70. The summed E-state index contributed by atoms with van der Waals surface area (Å²) in [5, 5.41) is 5.88. The molecule has 1 saturated carbocycles. The highest BCUT2D eigenvalue weighted by Crippen LogP contribution is 2.28. The molecule has 0 bridgehead atoms. The number of fused-ring (bicyclic) bond motifs is 1. The lowest BCUT2D eigenvalue weighted by Gasteiger charge is -2.13. The van der Waals surface area contributed by atoms with Crippen LogP contribution in [0, 0.1) is 0 Å². The summed E-state index contributed by atoms with van der Waals surface area (Å²) in [6.45, 7) is 0.389. The van der Waals surface area contributed by atoms with Crippen molar-refractivity contribution in [2.45, 2.75) is 44.6 Å². The minimum Gasteiger partial charge on any atom is -0.491 e. The topological polar surface area (TPSA) is 67.4 Å². The highest BCUT2D eigenvalue weighted by atomic mass is 16.5. The molecular weight excluding hydrogens is 268 g/mol. The van der Waals surface area contributed by atoms with Gasteiger partial charge in [0.05, 0.1) is 25.1 Å². The van der Waals surface area contributed by atoms with Gasteiger partial charge in [-0.15, -0.1) is 0 Å². The van der Waals surface area contributed by atoms with E-state index in [0.717, 1.165) is 18.4 Å². The molecule has 5 nitrogen and oxygen atoms in total. The molecule has 0 spiro atoms. The summed E-state index contributed by atoms with van der Waals surface area (Å²) < 4.78 is 5.50. The molecule has 0 radical (unpaired) electrons. The van der Waals surface area contributed by atoms with Gasteiger partial charge in [-0.05, 0) is 30.5 Å². The van der Waals surface area contributed by atoms with Crippen LogP contribution >= 0.6 is 0 Å². The van der Waals surface area contributed by atoms with Crippen LogP contribution in [0.4, 0.5) is 5.69 Å². The first-order chi connectivity index (χ1) is 10.2. The molecule has 3 rings (SSSR count). The van der Waals surface area contributed by atoms with E-state index >= 15 is 0 Å². The molecular formula is C16H20N2O3. The summed E-state index contributed by atoms with van der Waals surface area (Å²) in [5.41, 5.74) is 1.54. The SMILES string of the molecule is O=C1CCOc2ccc(CC(=O)NC3CCCC3)cc2N1. The van der Waals surface area contributed by atoms with Crippen molar-refractivity contribution >= 4 is 17.5 Å². The smallest absolute Gasteiger partial charge is 0.227 e. The van der Waals surface area contributed by atoms with Gasteiger partial charge in [-0.2, -0.15) is 0 Å². The third-order valence-electron chi connectivity index (χ3n) is 3.99. The van der Waals surface area contributed by atoms with Gasteiger partial charge in [0.2, 0.25) is 11.8 Å². The zero-order valence-electron chi connectivity index (χ0n) is 12.0. The van der Waals surface area contributed by atoms with E-state index in [1.807, 2.05) is 18.2 Å². The predicted molar refractivity (Wildman–Crippen MR) is 79.3 cm³/mol. The molecule has 0 unspecified atom stereocenters. The molecule has 1 aromatic carbocycles. The maximum absolute atomic E-state index is 12.0. The molecule has 1 aliphatic heterocycles. The number of nitrogens with one attached hydrogen (secondary N) is 2. The van der Waals surface area contributed by atoms with Gasteiger partial charge in [0.25, 0.3) is 0 Å². The van der Waals surface area contributed by atoms with Crippen LogP contribution in [-0.4, -0.2) is 24.5 Å². The second kappa shape index (κ2) is 6.16. The predicted octanol–water partition coefficient (Wildman–Crippen LogP) is 2.01. The zero-order chi connectivity index (χ0) is 14.7. The Hall–Kier alpha value is -2.04. The van der Waals surface area contributed by atoms with E-state index in [4.69, 9.17) is 4.74 Å². The van der Waals surface area contributed by atoms with Crippen LogP contribution in [0.1, 0.15) is 37.7 Å². The van der Waals surface area contributed by atoms with Gasteiger partial charge in [-0.25, -0.2) is 0 Å². The van der Waals surface area contributed by atoms with Gasteiger partial charge in [-0.1, -0.05) is 18.9 Å². The van der Waals surface area contributed by atoms with E-state index < -0.39 is 0 Å². The highest BCUT2D eigenvalue weighted by Gasteiger charge is 2.18. The number of carbonyl (C=O) groups excluding carboxylic acids is 2. The number of anilines is 1. The molecule has 2 amide bonds. The van der Waals surface area contributed by atoms with E-state index in [0.29, 0.717) is 36.9 Å². The summed E-state index contributed by atoms with van der Waals surface area (Å²) in [6, 6.07) is 5.86. The number of benzene rings is 1. The summed E-state index contributed by atoms with van der Waals surface area (Å²) in [7, 11) is 0. The van der Waals surface area contributed by atoms with Crippen LogP contribution in [0.3, 0.4) is 0 Å². The number of hydrogen-bond acceptors (Lipinski definition) is 3. The van der Waals surface area contributed by atoms with E-state index in [1.165, 1.54) is 12.8 Å². The molecule has 0 saturated heterocycles. The molecule has 2 aliphatic rings. The normalized spacial score (nSPS) is 18.4. The van der Waals surface area contributed by atoms with Crippen molar-refractivity contribution in [1.29, 1.82) is 0 Å². The molecule has 21 heavy (non-hydrogen) atoms. The summed E-state index contributed by atoms with van der Waals surface area (Å²) in [5.74, 6) is 0.657. The van der Waals surface area contributed by atoms with E-state index in [-0.39, 0.29) is 11.8 Å². The first-order valence-electron chi connectivity index (χ1n) is 7.55. The maximum Gasteiger partial charge on any atom is 0.227 e. The van der Waals surface area contributed by atoms with Gasteiger partial charge < -0.3 is 15.4 Å². The van der Waals surface area contributed by atoms with Gasteiger partial charge in [-0.3, -0.25) is 9.59 Å². The Bertz CT molecular complexity index is 550. The molecule has 1 heterocycles. The number of carbonyl (C=O) groups is 2. The van der Waals surface area contributed by atoms with Crippen LogP contribution in [-0.2, 0) is 16.0 Å². The Morgan fingerprint density at radius 3 is 2.95 bits per heavy atom. The summed E-state index contributed by atoms with van der Waals surface area (Å²) in [6.07, 6.45) is 5.26. The third kappa shape index (κ3) is 3.54. The highest BCUT2D eigenvalue weighted by molar-refractivity contribution is 5.93. The number of ether oxygens (including phenoxy) is 1. The lowest BCUT2D eigenvalue weighted by Crippen LogP contribution is -2.33. The minimum absolute atomic E-state index is 0.0442. The fourth-order valence-corrected chi connectivity index (χ4v) is 2.91. The molecule has 1 fully saturated rings. The van der Waals surface area contributed by atoms with Crippen molar-refractivity contribution in [2.75, 3.05) is 11.9 Å². The van der Waals surface area contributed by atoms with E-state index in [2.05, 4.69) is 10.6 Å². The van der Waals surface area contributed by atoms with Gasteiger partial charge in [0.15, 0.2) is 0 Å². The summed E-state index contributed by atoms with van der Waals surface area (Å²) in [4.78, 5) is 23.6. The van der Waals surface area contributed by atoms with Gasteiger partial charge >= 0.3 is 0 Å². The molecule has 112 valence electrons. The second-order valence-electron chi connectivity index (χ2n) is 5.70. The fraction of sp³-hybridized carbons (Fsp3) is 0.500. The van der Waals surface area contributed by atoms with Crippen molar-refractivity contribution in [3.63, 3.8) is 0 Å². The average Bonchev–Trinajstić information content (AvgIpc) is 2.86. The monoisotopic (exact) mass is 288 g/mol. The first-order valence-corrected chi connectivity index (χ1v) is 7.55. The molecule has 1 aromatic rings. The maximum atomic E-state index is 12.0. The van der Waals surface area contributed by atoms with Crippen LogP contribution in [0.2, 0.25) is 0 Å². The molecule has 0 aromatic heterocycles. The van der Waals surface area contributed by atoms with Crippen LogP contribution in [0.15, 0.2) is 18.2 Å². The number of rotatable bonds is 3. The van der Waals surface area contributed by atoms with Gasteiger partial charge in [0.1, 0.15) is 5.75 Å². The lowest BCUT2D eigenvalue weighted by atomic mass is 10.1. The number of amides is 2. The van der Waals surface area contributed by atoms with Crippen LogP contribution < -0.4 is 15.4 Å². The van der Waals surface area contributed by atoms with Crippen LogP contribution in [0.25, 0.3) is 0 Å². The molecule has 1 aliphatic carbocycles. The zero-order valence-corrected chi connectivity index (χ0v) is 12.0. The Balaban J connectivity index is 1.65. The Morgan fingerprint density at radius 1 is 1.33 bits per heavy atom. The van der Waals surface area contributed by atoms with Crippen molar-refractivity contribution < 1.29 is 14.3 Å². The van der Waals surface area contributed by atoms with Gasteiger partial charge in [0, 0.05) is 6.04 Å². The third-order valence-corrected chi connectivity index (χ3v) is 3.99. The molecule has 5 heteroatoms. The average molecular weight is 288 g/mol. The number of hydrogen-bond donors (Lipinski definition) is 2. The van der Waals surface area contributed by atoms with Crippen molar-refractivity contribution in [3.8, 4) is 5.75 Å². The van der Waals surface area contributed by atoms with Crippen molar-refractivity contribution in [2.24, 2.45) is 0 Å². The molecule has 0 atom stereocenters. The fourth-order valence-electron chi connectivity index (χ4n) is 2.91. The molecule has 2 N–H and O–H groups in total. The van der Waals surface area contributed by atoms with Crippen molar-refractivity contribution in [1.82, 2.24) is 5.32 Å². The van der Waals surface area contributed by atoms with Crippen LogP contribution in [0.5, 0.6) is 5.75 Å². The Labute approximate surface area is 124 Å². The summed E-state index contributed by atoms with van der Waals surface area (Å²) >= 11 is 0. The largest absolute Gasteiger partial charge is 0.491 e. The minimum atomic E-state index is -0.0543. The van der Waals surface area contributed by atoms with E-state index in [1.54, 1.807) is 0 Å². The Morgan fingerprint density at radius 2 is 2.14 bits per heavy atom. The van der Waals surface area contributed by atoms with E-state index in [9.17, 15) is 9.59 Å². The standard InChI is InChI=1S/C16H20N2O3/c19-15-7-8-21-14-6-5-11(9-13(14)18-15)10-16(20)17-12-3-1-2-4-12/h5-6,9,12H,1-4,7-8,10H2,(H,17,20)(H,18,19). The lowest BCUT2D eigenvalue weighted by molar-refractivity contribution is -0.121. The van der Waals surface area contributed by atoms with Crippen molar-refractivity contribution in [3.05, 3.63) is 23.8 Å².